The number of ketones is 2. The predicted octanol–water partition coefficient (Wildman–Crippen LogP) is 5.05. The first-order chi connectivity index (χ1) is 40.9. The third-order valence-corrected chi connectivity index (χ3v) is 19.9. The third-order valence-electron chi connectivity index (χ3n) is 19.9. The van der Waals surface area contributed by atoms with Crippen LogP contribution in [0.25, 0.3) is 0 Å². The number of rotatable bonds is 12. The summed E-state index contributed by atoms with van der Waals surface area (Å²) in [5, 5.41) is 60.4. The van der Waals surface area contributed by atoms with E-state index in [0.29, 0.717) is 17.6 Å². The lowest BCUT2D eigenvalue weighted by atomic mass is 9.49. The topological polar surface area (TPSA) is 326 Å². The second-order valence-corrected chi connectivity index (χ2v) is 26.6. The summed E-state index contributed by atoms with van der Waals surface area (Å²) >= 11 is 0. The molecule has 8 N–H and O–H groups in total. The Morgan fingerprint density at radius 3 is 2.02 bits per heavy atom. The van der Waals surface area contributed by atoms with Gasteiger partial charge in [0.2, 0.25) is 5.78 Å². The zero-order chi connectivity index (χ0) is 63.5. The number of alkyl carbamates (subject to hydrolysis) is 1. The van der Waals surface area contributed by atoms with Gasteiger partial charge >= 0.3 is 18.0 Å². The van der Waals surface area contributed by atoms with Gasteiger partial charge in [-0.25, -0.2) is 9.59 Å². The summed E-state index contributed by atoms with van der Waals surface area (Å²) in [6.45, 7) is 21.1. The van der Waals surface area contributed by atoms with E-state index < -0.39 is 186 Å². The normalized spacial score (nSPS) is 48.0. The van der Waals surface area contributed by atoms with Crippen molar-refractivity contribution in [2.45, 2.75) is 250 Å². The van der Waals surface area contributed by atoms with Gasteiger partial charge in [0.25, 0.3) is 0 Å². The number of fused-ring (bicyclic) bond motifs is 4. The fraction of sp³-hybridized carbons (Fsp3) is 0.734. The fourth-order valence-electron chi connectivity index (χ4n) is 15.7. The van der Waals surface area contributed by atoms with Gasteiger partial charge in [-0.2, -0.15) is 0 Å². The van der Waals surface area contributed by atoms with Gasteiger partial charge in [0.05, 0.1) is 74.0 Å². The van der Waals surface area contributed by atoms with Crippen LogP contribution in [0.1, 0.15) is 128 Å². The molecule has 1 amide bonds. The molecule has 0 unspecified atom stereocenters. The Bertz CT molecular complexity index is 2770. The Kier molecular flexibility index (Phi) is 20.1. The molecule has 1 spiro atoms. The van der Waals surface area contributed by atoms with Crippen molar-refractivity contribution in [1.82, 2.24) is 5.32 Å². The number of aliphatic hydroxyl groups is 5. The Morgan fingerprint density at radius 2 is 1.38 bits per heavy atom. The SMILES string of the molecule is COC(=O)N[C@H]1[C@@H](C)O[C@@H](O[C@H]2C/C=C(\C)[C@@H]3C=C[C@@H]4[C@@H](O[C@H]5C[C@@H](O[C@H]6C[C@@H](O)[C@@H](O[C@@H]7C[C@@H](O)[C@@H](O)[C@H](C)O7)[C@H](C)O6)[C@@H](OC(C)=O)[C@H](C)O5)[C@@H](C)C[C@H](C)[C@H]4[C@]3(C)/C(O)=C3\C(=O)O[C@]4(CC(/C=C/C(C)=O)=C[C@H](O)[C@H]4/C=C/2C)C3=O)C[C@]1(C)N. The van der Waals surface area contributed by atoms with E-state index in [4.69, 9.17) is 57.8 Å². The van der Waals surface area contributed by atoms with Crippen LogP contribution in [0.5, 0.6) is 0 Å². The van der Waals surface area contributed by atoms with Crippen molar-refractivity contribution in [3.63, 3.8) is 0 Å². The van der Waals surface area contributed by atoms with Crippen molar-refractivity contribution in [2.24, 2.45) is 46.7 Å². The number of Topliss-reactive ketones (excluding diaryl/α,β-unsaturated/α-hetero) is 1. The molecular weight excluding hydrogens is 1130 g/mol. The van der Waals surface area contributed by atoms with Gasteiger partial charge in [0, 0.05) is 61.8 Å². The zero-order valence-electron chi connectivity index (χ0n) is 52.2. The molecule has 23 nitrogen and oxygen atoms in total. The monoisotopic (exact) mass is 1220 g/mol. The van der Waals surface area contributed by atoms with E-state index in [-0.39, 0.29) is 56.1 Å². The number of hydrogen-bond acceptors (Lipinski definition) is 22. The molecule has 9 rings (SSSR count). The van der Waals surface area contributed by atoms with Crippen LogP contribution in [0.3, 0.4) is 0 Å². The van der Waals surface area contributed by atoms with Crippen molar-refractivity contribution < 1.29 is 102 Å². The standard InChI is InChI=1S/C64H92N2O21/c1-28-14-19-45(83-50-27-62(11,65)57(36(9)81-50)66-61(76)77-13)29(2)21-41-42(69)22-38(16-15-32(5)67)26-64(41)59(74)51(60(75)87-64)58(73)63(12)40(28)18-17-39-52(63)30(3)20-31(4)54(39)85-49-25-46(56(35(8)80-49)82-37(10)68)84-47-24-44(71)55(34(7)79-47)86-48-23-43(70)53(72)33(6)78-48/h14-18,21-22,30-31,33-36,39-50,52-57,69-73H,19-20,23-27,65H2,1-13H3,(H,66,76)/b16-15+,28-14+,29-21+,58-51+/t30-,31-,33-,34-,35-,36+,39-,40-,41+,42-,43+,44+,45-,46+,47-,48+,49-,50-,52+,53-,54-,55-,56-,57-,62-,63+,64-/m0/s1. The minimum absolute atomic E-state index is 0.00980. The molecule has 0 aromatic rings. The molecule has 2 bridgehead atoms. The highest BCUT2D eigenvalue weighted by molar-refractivity contribution is 6.26. The lowest BCUT2D eigenvalue weighted by Gasteiger charge is -2.56. The smallest absolute Gasteiger partial charge is 0.407 e. The van der Waals surface area contributed by atoms with E-state index >= 15 is 4.79 Å². The second kappa shape index (κ2) is 26.2. The lowest BCUT2D eigenvalue weighted by molar-refractivity contribution is -0.335. The number of carbonyl (C=O) groups is 5. The molecule has 5 saturated heterocycles. The highest BCUT2D eigenvalue weighted by Crippen LogP contribution is 2.61. The van der Waals surface area contributed by atoms with Gasteiger partial charge < -0.3 is 88.7 Å². The van der Waals surface area contributed by atoms with E-state index in [1.54, 1.807) is 47.6 Å². The number of amides is 1. The first-order valence-electron chi connectivity index (χ1n) is 30.8. The average Bonchev–Trinajstić information content (AvgIpc) is 1.74. The van der Waals surface area contributed by atoms with Crippen LogP contribution >= 0.6 is 0 Å². The number of hydrogen-bond donors (Lipinski definition) is 7. The molecule has 0 aromatic carbocycles. The van der Waals surface area contributed by atoms with Gasteiger partial charge in [-0.05, 0) is 103 Å². The molecule has 1 saturated carbocycles. The van der Waals surface area contributed by atoms with Crippen LogP contribution in [0, 0.1) is 40.9 Å². The van der Waals surface area contributed by atoms with E-state index in [2.05, 4.69) is 25.2 Å². The van der Waals surface area contributed by atoms with Crippen molar-refractivity contribution in [3.05, 3.63) is 70.6 Å². The molecule has 484 valence electrons. The summed E-state index contributed by atoms with van der Waals surface area (Å²) in [7, 11) is 1.26. The highest BCUT2D eigenvalue weighted by Gasteiger charge is 2.65. The average molecular weight is 1230 g/mol. The first kappa shape index (κ1) is 66.7. The van der Waals surface area contributed by atoms with Crippen molar-refractivity contribution in [1.29, 1.82) is 0 Å². The number of nitrogens with one attached hydrogen (secondary N) is 1. The van der Waals surface area contributed by atoms with E-state index in [9.17, 15) is 44.7 Å². The number of nitrogens with two attached hydrogens (primary N) is 1. The second-order valence-electron chi connectivity index (χ2n) is 26.6. The minimum Gasteiger partial charge on any atom is -0.511 e. The van der Waals surface area contributed by atoms with Crippen LogP contribution in [-0.4, -0.2) is 184 Å². The summed E-state index contributed by atoms with van der Waals surface area (Å²) in [4.78, 5) is 67.9. The van der Waals surface area contributed by atoms with Crippen molar-refractivity contribution in [3.8, 4) is 0 Å². The number of carbonyl (C=O) groups excluding carboxylic acids is 5. The lowest BCUT2D eigenvalue weighted by Crippen LogP contribution is -2.66. The molecule has 5 heterocycles. The van der Waals surface area contributed by atoms with E-state index in [1.165, 1.54) is 39.2 Å². The first-order valence-corrected chi connectivity index (χ1v) is 30.8. The summed E-state index contributed by atoms with van der Waals surface area (Å²) in [6.07, 6.45) is -3.16. The number of ether oxygens (including phenoxy) is 11. The Balaban J connectivity index is 1.04. The molecule has 6 fully saturated rings. The molecule has 4 aliphatic carbocycles. The predicted molar refractivity (Wildman–Crippen MR) is 309 cm³/mol. The van der Waals surface area contributed by atoms with E-state index in [1.807, 2.05) is 26.0 Å². The minimum atomic E-state index is -2.08. The van der Waals surface area contributed by atoms with Gasteiger partial charge in [-0.15, -0.1) is 0 Å². The van der Waals surface area contributed by atoms with Crippen LogP contribution < -0.4 is 11.1 Å². The molecular formula is C64H92N2O21. The summed E-state index contributed by atoms with van der Waals surface area (Å²) in [6, 6.07) is -0.643. The summed E-state index contributed by atoms with van der Waals surface area (Å²) in [5.74, 6) is -6.30. The van der Waals surface area contributed by atoms with Gasteiger partial charge in [-0.3, -0.25) is 14.4 Å². The fourth-order valence-corrected chi connectivity index (χ4v) is 15.7. The molecule has 27 atom stereocenters. The Morgan fingerprint density at radius 1 is 0.747 bits per heavy atom. The molecule has 9 aliphatic rings. The summed E-state index contributed by atoms with van der Waals surface area (Å²) < 4.78 is 68.8. The summed E-state index contributed by atoms with van der Waals surface area (Å²) in [5.41, 5.74) is 3.57. The molecule has 87 heavy (non-hydrogen) atoms. The number of aliphatic hydroxyl groups excluding tert-OH is 5. The molecule has 0 aromatic heterocycles. The van der Waals surface area contributed by atoms with Crippen LogP contribution in [-0.2, 0) is 71.3 Å². The van der Waals surface area contributed by atoms with Crippen molar-refractivity contribution in [2.75, 3.05) is 7.11 Å². The van der Waals surface area contributed by atoms with Crippen molar-refractivity contribution >= 4 is 29.6 Å². The molecule has 23 heteroatoms. The number of methoxy groups -OCH3 is 1. The van der Waals surface area contributed by atoms with Gasteiger partial charge in [0.1, 0.15) is 29.6 Å². The maximum atomic E-state index is 15.7. The third kappa shape index (κ3) is 13.4. The Labute approximate surface area is 508 Å². The van der Waals surface area contributed by atoms with E-state index in [0.717, 1.165) is 5.57 Å². The molecule has 5 aliphatic heterocycles. The number of esters is 2. The largest absolute Gasteiger partial charge is 0.511 e. The quantitative estimate of drug-likeness (QED) is 0.0442. The maximum Gasteiger partial charge on any atom is 0.407 e. The highest BCUT2D eigenvalue weighted by atomic mass is 16.7. The van der Waals surface area contributed by atoms with Crippen LogP contribution in [0.4, 0.5) is 4.79 Å². The van der Waals surface area contributed by atoms with Gasteiger partial charge in [0.15, 0.2) is 42.6 Å². The maximum absolute atomic E-state index is 15.7. The molecule has 0 radical (unpaired) electrons. The number of allylic oxidation sites excluding steroid dienone is 5. The Hall–Kier alpha value is -4.73. The van der Waals surface area contributed by atoms with Crippen LogP contribution in [0.2, 0.25) is 0 Å². The zero-order valence-corrected chi connectivity index (χ0v) is 52.2. The van der Waals surface area contributed by atoms with Gasteiger partial charge in [-0.1, -0.05) is 62.8 Å². The van der Waals surface area contributed by atoms with Crippen LogP contribution in [0.15, 0.2) is 70.6 Å².